The standard InChI is InChI=1S/C21H20F2N2O5/c1-21(2)10-25(18(26)11-5-6-14(22)15(23)7-11)9-12(19(27)29-3)17-13(21)8-16(24-17)20(28)30-4/h5-9,24H,10H2,1-4H3. The van der Waals surface area contributed by atoms with Crippen LogP contribution >= 0.6 is 0 Å². The van der Waals surface area contributed by atoms with E-state index in [9.17, 15) is 23.2 Å². The van der Waals surface area contributed by atoms with E-state index in [2.05, 4.69) is 4.98 Å². The van der Waals surface area contributed by atoms with Crippen LogP contribution in [0.4, 0.5) is 8.78 Å². The summed E-state index contributed by atoms with van der Waals surface area (Å²) in [6, 6.07) is 4.39. The van der Waals surface area contributed by atoms with Gasteiger partial charge in [-0.05, 0) is 29.8 Å². The molecule has 0 saturated carbocycles. The fraction of sp³-hybridized carbons (Fsp3) is 0.286. The molecular weight excluding hydrogens is 398 g/mol. The fourth-order valence-corrected chi connectivity index (χ4v) is 3.39. The molecule has 1 amide bonds. The monoisotopic (exact) mass is 418 g/mol. The van der Waals surface area contributed by atoms with Gasteiger partial charge in [0.15, 0.2) is 11.6 Å². The molecule has 9 heteroatoms. The number of aromatic amines is 1. The minimum atomic E-state index is -1.15. The number of hydrogen-bond donors (Lipinski definition) is 1. The molecule has 0 aliphatic carbocycles. The lowest BCUT2D eigenvalue weighted by atomic mass is 9.83. The molecule has 1 aromatic carbocycles. The van der Waals surface area contributed by atoms with Crippen LogP contribution in [0.25, 0.3) is 5.57 Å². The maximum absolute atomic E-state index is 13.6. The number of aromatic nitrogens is 1. The van der Waals surface area contributed by atoms with Crippen LogP contribution in [0.15, 0.2) is 30.5 Å². The Morgan fingerprint density at radius 1 is 1.03 bits per heavy atom. The van der Waals surface area contributed by atoms with Crippen molar-refractivity contribution in [1.29, 1.82) is 0 Å². The highest BCUT2D eigenvalue weighted by Crippen LogP contribution is 2.36. The molecule has 7 nitrogen and oxygen atoms in total. The Morgan fingerprint density at radius 3 is 2.30 bits per heavy atom. The highest BCUT2D eigenvalue weighted by atomic mass is 19.2. The lowest BCUT2D eigenvalue weighted by Gasteiger charge is -2.29. The Labute approximate surface area is 171 Å². The molecule has 158 valence electrons. The van der Waals surface area contributed by atoms with E-state index < -0.39 is 34.9 Å². The Bertz CT molecular complexity index is 1070. The zero-order valence-corrected chi connectivity index (χ0v) is 16.8. The number of methoxy groups -OCH3 is 2. The van der Waals surface area contributed by atoms with Crippen molar-refractivity contribution in [2.24, 2.45) is 0 Å². The molecule has 0 saturated heterocycles. The van der Waals surface area contributed by atoms with Crippen molar-refractivity contribution in [2.75, 3.05) is 20.8 Å². The summed E-state index contributed by atoms with van der Waals surface area (Å²) >= 11 is 0. The summed E-state index contributed by atoms with van der Waals surface area (Å²) in [7, 11) is 2.42. The average Bonchev–Trinajstić information content (AvgIpc) is 3.13. The summed E-state index contributed by atoms with van der Waals surface area (Å²) in [6.07, 6.45) is 1.28. The van der Waals surface area contributed by atoms with Crippen molar-refractivity contribution in [3.8, 4) is 0 Å². The molecule has 0 fully saturated rings. The van der Waals surface area contributed by atoms with Crippen LogP contribution < -0.4 is 0 Å². The molecule has 30 heavy (non-hydrogen) atoms. The number of ether oxygens (including phenoxy) is 2. The highest BCUT2D eigenvalue weighted by molar-refractivity contribution is 6.17. The van der Waals surface area contributed by atoms with Gasteiger partial charge < -0.3 is 19.4 Å². The van der Waals surface area contributed by atoms with E-state index in [1.165, 1.54) is 31.4 Å². The number of nitrogens with zero attached hydrogens (tertiary/aromatic N) is 1. The van der Waals surface area contributed by atoms with Gasteiger partial charge in [-0.25, -0.2) is 18.4 Å². The van der Waals surface area contributed by atoms with E-state index in [1.807, 2.05) is 13.8 Å². The van der Waals surface area contributed by atoms with Crippen LogP contribution in [0.5, 0.6) is 0 Å². The number of nitrogens with one attached hydrogen (secondary N) is 1. The van der Waals surface area contributed by atoms with Gasteiger partial charge in [0.2, 0.25) is 0 Å². The van der Waals surface area contributed by atoms with Gasteiger partial charge in [0.25, 0.3) is 5.91 Å². The van der Waals surface area contributed by atoms with Gasteiger partial charge in [-0.2, -0.15) is 0 Å². The van der Waals surface area contributed by atoms with Crippen LogP contribution in [0, 0.1) is 11.6 Å². The Balaban J connectivity index is 2.14. The minimum Gasteiger partial charge on any atom is -0.465 e. The molecule has 1 aliphatic heterocycles. The maximum Gasteiger partial charge on any atom is 0.354 e. The lowest BCUT2D eigenvalue weighted by molar-refractivity contribution is -0.133. The number of amides is 1. The zero-order chi connectivity index (χ0) is 22.2. The number of H-pyrrole nitrogens is 1. The van der Waals surface area contributed by atoms with Crippen LogP contribution in [-0.2, 0) is 19.7 Å². The normalized spacial score (nSPS) is 15.0. The number of hydrogen-bond acceptors (Lipinski definition) is 5. The largest absolute Gasteiger partial charge is 0.465 e. The summed E-state index contributed by atoms with van der Waals surface area (Å²) in [6.45, 7) is 3.73. The van der Waals surface area contributed by atoms with Gasteiger partial charge in [-0.3, -0.25) is 4.79 Å². The Morgan fingerprint density at radius 2 is 1.70 bits per heavy atom. The molecule has 2 aromatic rings. The summed E-state index contributed by atoms with van der Waals surface area (Å²) < 4.78 is 36.5. The molecule has 1 aliphatic rings. The molecule has 1 N–H and O–H groups in total. The third-order valence-corrected chi connectivity index (χ3v) is 4.90. The van der Waals surface area contributed by atoms with Gasteiger partial charge in [0, 0.05) is 23.7 Å². The summed E-state index contributed by atoms with van der Waals surface area (Å²) in [5, 5.41) is 0. The highest BCUT2D eigenvalue weighted by Gasteiger charge is 2.37. The number of rotatable bonds is 3. The van der Waals surface area contributed by atoms with Crippen molar-refractivity contribution in [3.63, 3.8) is 0 Å². The van der Waals surface area contributed by atoms with Crippen molar-refractivity contribution >= 4 is 23.4 Å². The Kier molecular flexibility index (Phi) is 5.47. The molecular formula is C21H20F2N2O5. The van der Waals surface area contributed by atoms with Gasteiger partial charge in [-0.15, -0.1) is 0 Å². The van der Waals surface area contributed by atoms with Crippen LogP contribution in [0.2, 0.25) is 0 Å². The second-order valence-electron chi connectivity index (χ2n) is 7.44. The van der Waals surface area contributed by atoms with Gasteiger partial charge in [0.05, 0.1) is 25.5 Å². The Hall–Kier alpha value is -3.49. The number of fused-ring (bicyclic) bond motifs is 1. The van der Waals surface area contributed by atoms with E-state index in [1.54, 1.807) is 6.07 Å². The molecule has 0 bridgehead atoms. The van der Waals surface area contributed by atoms with Crippen molar-refractivity contribution in [3.05, 3.63) is 64.6 Å². The van der Waals surface area contributed by atoms with E-state index in [0.29, 0.717) is 11.3 Å². The predicted octanol–water partition coefficient (Wildman–Crippen LogP) is 3.03. The molecule has 0 spiro atoms. The quantitative estimate of drug-likeness (QED) is 0.774. The zero-order valence-electron chi connectivity index (χ0n) is 16.8. The third kappa shape index (κ3) is 3.70. The van der Waals surface area contributed by atoms with Crippen molar-refractivity contribution < 1.29 is 32.6 Å². The van der Waals surface area contributed by atoms with E-state index in [-0.39, 0.29) is 23.4 Å². The van der Waals surface area contributed by atoms with Crippen LogP contribution in [-0.4, -0.2) is 48.5 Å². The van der Waals surface area contributed by atoms with Gasteiger partial charge >= 0.3 is 11.9 Å². The van der Waals surface area contributed by atoms with Crippen molar-refractivity contribution in [2.45, 2.75) is 19.3 Å². The molecule has 0 unspecified atom stereocenters. The average molecular weight is 418 g/mol. The second kappa shape index (κ2) is 7.74. The lowest BCUT2D eigenvalue weighted by Crippen LogP contribution is -2.36. The number of benzene rings is 1. The molecule has 3 rings (SSSR count). The summed E-state index contributed by atoms with van der Waals surface area (Å²) in [4.78, 5) is 41.6. The van der Waals surface area contributed by atoms with E-state index in [0.717, 1.165) is 12.1 Å². The van der Waals surface area contributed by atoms with E-state index in [4.69, 9.17) is 9.47 Å². The first-order chi connectivity index (χ1) is 14.1. The van der Waals surface area contributed by atoms with Crippen molar-refractivity contribution in [1.82, 2.24) is 9.88 Å². The molecule has 1 aromatic heterocycles. The smallest absolute Gasteiger partial charge is 0.354 e. The minimum absolute atomic E-state index is 0.00385. The molecule has 0 radical (unpaired) electrons. The first-order valence-electron chi connectivity index (χ1n) is 8.97. The van der Waals surface area contributed by atoms with Gasteiger partial charge in [0.1, 0.15) is 5.69 Å². The maximum atomic E-state index is 13.6. The van der Waals surface area contributed by atoms with Gasteiger partial charge in [-0.1, -0.05) is 13.8 Å². The van der Waals surface area contributed by atoms with Crippen LogP contribution in [0.1, 0.15) is 46.0 Å². The topological polar surface area (TPSA) is 88.7 Å². The second-order valence-corrected chi connectivity index (χ2v) is 7.44. The first kappa shape index (κ1) is 21.2. The summed E-state index contributed by atoms with van der Waals surface area (Å²) in [5.74, 6) is -4.20. The third-order valence-electron chi connectivity index (χ3n) is 4.90. The molecule has 2 heterocycles. The molecule has 0 atom stereocenters. The van der Waals surface area contributed by atoms with Crippen LogP contribution in [0.3, 0.4) is 0 Å². The number of carbonyl (C=O) groups excluding carboxylic acids is 3. The number of carbonyl (C=O) groups is 3. The fourth-order valence-electron chi connectivity index (χ4n) is 3.39. The first-order valence-corrected chi connectivity index (χ1v) is 8.97. The van der Waals surface area contributed by atoms with E-state index >= 15 is 0 Å². The number of esters is 2. The number of halogens is 2. The predicted molar refractivity (Wildman–Crippen MR) is 103 cm³/mol. The summed E-state index contributed by atoms with van der Waals surface area (Å²) in [5.41, 5.74) is 0.257. The SMILES string of the molecule is COC(=O)C1=CN(C(=O)c2ccc(F)c(F)c2)CC(C)(C)c2cc(C(=O)OC)[nH]c21.